The molecular weight excluding hydrogens is 226 g/mol. The summed E-state index contributed by atoms with van der Waals surface area (Å²) < 4.78 is 0. The van der Waals surface area contributed by atoms with Crippen molar-refractivity contribution in [3.05, 3.63) is 0 Å². The van der Waals surface area contributed by atoms with E-state index in [1.807, 2.05) is 0 Å². The molecule has 0 spiro atoms. The SMILES string of the molecule is Cl.O=C(O)C1C2CCC1(C1CCNCC1)C2. The summed E-state index contributed by atoms with van der Waals surface area (Å²) in [7, 11) is 0. The molecule has 0 aromatic heterocycles. The maximum Gasteiger partial charge on any atom is 0.307 e. The van der Waals surface area contributed by atoms with Crippen LogP contribution in [0.5, 0.6) is 0 Å². The Labute approximate surface area is 102 Å². The summed E-state index contributed by atoms with van der Waals surface area (Å²) in [5.41, 5.74) is 0.207. The summed E-state index contributed by atoms with van der Waals surface area (Å²) in [4.78, 5) is 11.3. The molecule has 3 nitrogen and oxygen atoms in total. The van der Waals surface area contributed by atoms with Crippen LogP contribution in [0.25, 0.3) is 0 Å². The van der Waals surface area contributed by atoms with E-state index in [0.717, 1.165) is 13.1 Å². The number of carboxylic acids is 1. The third-order valence-corrected chi connectivity index (χ3v) is 5.13. The predicted molar refractivity (Wildman–Crippen MR) is 63.7 cm³/mol. The highest BCUT2D eigenvalue weighted by Crippen LogP contribution is 2.67. The first kappa shape index (κ1) is 12.2. The van der Waals surface area contributed by atoms with Gasteiger partial charge in [-0.05, 0) is 62.4 Å². The number of hydrogen-bond acceptors (Lipinski definition) is 2. The number of nitrogens with one attached hydrogen (secondary N) is 1. The molecule has 2 bridgehead atoms. The maximum atomic E-state index is 11.3. The fourth-order valence-electron chi connectivity index (χ4n) is 4.49. The molecular formula is C12H20ClNO2. The van der Waals surface area contributed by atoms with E-state index >= 15 is 0 Å². The lowest BCUT2D eigenvalue weighted by atomic mass is 9.53. The standard InChI is InChI=1S/C12H19NO2.ClH/c14-11(15)10-8-1-4-12(10,7-8)9-2-5-13-6-3-9;/h8-10,13H,1-7H2,(H,14,15);1H. The fourth-order valence-corrected chi connectivity index (χ4v) is 4.49. The molecule has 1 saturated heterocycles. The number of piperidine rings is 1. The van der Waals surface area contributed by atoms with Gasteiger partial charge in [-0.1, -0.05) is 0 Å². The van der Waals surface area contributed by atoms with Crippen molar-refractivity contribution in [2.24, 2.45) is 23.2 Å². The van der Waals surface area contributed by atoms with E-state index in [1.54, 1.807) is 0 Å². The summed E-state index contributed by atoms with van der Waals surface area (Å²) in [6, 6.07) is 0. The molecule has 3 saturated carbocycles. The first-order valence-corrected chi connectivity index (χ1v) is 6.17. The van der Waals surface area contributed by atoms with Crippen LogP contribution in [0.2, 0.25) is 0 Å². The van der Waals surface area contributed by atoms with Crippen LogP contribution in [0, 0.1) is 23.2 Å². The molecule has 4 aliphatic rings. The predicted octanol–water partition coefficient (Wildman–Crippen LogP) is 1.91. The molecule has 3 aliphatic carbocycles. The fraction of sp³-hybridized carbons (Fsp3) is 0.917. The van der Waals surface area contributed by atoms with Gasteiger partial charge in [-0.25, -0.2) is 0 Å². The average molecular weight is 246 g/mol. The summed E-state index contributed by atoms with van der Waals surface area (Å²) in [5, 5.41) is 12.7. The lowest BCUT2D eigenvalue weighted by molar-refractivity contribution is -0.160. The van der Waals surface area contributed by atoms with Gasteiger partial charge in [0.25, 0.3) is 0 Å². The Morgan fingerprint density at radius 3 is 2.50 bits per heavy atom. The Kier molecular flexibility index (Phi) is 3.19. The lowest BCUT2D eigenvalue weighted by Gasteiger charge is -2.51. The van der Waals surface area contributed by atoms with Gasteiger partial charge >= 0.3 is 5.97 Å². The van der Waals surface area contributed by atoms with Crippen molar-refractivity contribution >= 4 is 18.4 Å². The topological polar surface area (TPSA) is 49.3 Å². The Hall–Kier alpha value is -0.280. The molecule has 1 heterocycles. The summed E-state index contributed by atoms with van der Waals surface area (Å²) >= 11 is 0. The van der Waals surface area contributed by atoms with Crippen LogP contribution in [0.1, 0.15) is 32.1 Å². The number of halogens is 1. The highest BCUT2D eigenvalue weighted by molar-refractivity contribution is 5.85. The van der Waals surface area contributed by atoms with Gasteiger partial charge in [0.15, 0.2) is 0 Å². The smallest absolute Gasteiger partial charge is 0.307 e. The number of rotatable bonds is 2. The summed E-state index contributed by atoms with van der Waals surface area (Å²) in [6.45, 7) is 2.17. The van der Waals surface area contributed by atoms with Crippen LogP contribution in [-0.2, 0) is 4.79 Å². The van der Waals surface area contributed by atoms with E-state index in [4.69, 9.17) is 0 Å². The largest absolute Gasteiger partial charge is 0.481 e. The third kappa shape index (κ3) is 1.48. The molecule has 4 fully saturated rings. The molecule has 0 aromatic carbocycles. The minimum Gasteiger partial charge on any atom is -0.481 e. The molecule has 4 heteroatoms. The normalized spacial score (nSPS) is 42.2. The van der Waals surface area contributed by atoms with Gasteiger partial charge in [-0.2, -0.15) is 0 Å². The van der Waals surface area contributed by atoms with Crippen molar-refractivity contribution in [2.45, 2.75) is 32.1 Å². The molecule has 4 rings (SSSR count). The van der Waals surface area contributed by atoms with Gasteiger partial charge in [0, 0.05) is 0 Å². The second-order valence-electron chi connectivity index (χ2n) is 5.58. The Morgan fingerprint density at radius 2 is 1.94 bits per heavy atom. The van der Waals surface area contributed by atoms with Crippen molar-refractivity contribution in [1.82, 2.24) is 5.32 Å². The van der Waals surface area contributed by atoms with Crippen molar-refractivity contribution in [1.29, 1.82) is 0 Å². The number of carbonyl (C=O) groups is 1. The summed E-state index contributed by atoms with van der Waals surface area (Å²) in [5.74, 6) is 0.666. The monoisotopic (exact) mass is 245 g/mol. The molecule has 3 atom stereocenters. The second-order valence-corrected chi connectivity index (χ2v) is 5.58. The van der Waals surface area contributed by atoms with Crippen molar-refractivity contribution < 1.29 is 9.90 Å². The highest BCUT2D eigenvalue weighted by atomic mass is 35.5. The van der Waals surface area contributed by atoms with Gasteiger partial charge < -0.3 is 10.4 Å². The molecule has 3 unspecified atom stereocenters. The van der Waals surface area contributed by atoms with Gasteiger partial charge in [-0.3, -0.25) is 4.79 Å². The first-order valence-electron chi connectivity index (χ1n) is 6.17. The highest BCUT2D eigenvalue weighted by Gasteiger charge is 2.64. The zero-order chi connectivity index (χ0) is 10.5. The number of aliphatic carboxylic acids is 1. The summed E-state index contributed by atoms with van der Waals surface area (Å²) in [6.07, 6.45) is 5.93. The Bertz CT molecular complexity index is 287. The molecule has 16 heavy (non-hydrogen) atoms. The van der Waals surface area contributed by atoms with E-state index in [2.05, 4.69) is 5.32 Å². The lowest BCUT2D eigenvalue weighted by Crippen LogP contribution is -2.52. The van der Waals surface area contributed by atoms with Crippen LogP contribution in [-0.4, -0.2) is 24.2 Å². The van der Waals surface area contributed by atoms with Gasteiger partial charge in [0.05, 0.1) is 5.92 Å². The zero-order valence-corrected chi connectivity index (χ0v) is 10.3. The van der Waals surface area contributed by atoms with Crippen LogP contribution in [0.15, 0.2) is 0 Å². The van der Waals surface area contributed by atoms with Crippen molar-refractivity contribution in [3.63, 3.8) is 0 Å². The third-order valence-electron chi connectivity index (χ3n) is 5.13. The number of fused-ring (bicyclic) bond motifs is 1. The quantitative estimate of drug-likeness (QED) is 0.782. The number of carboxylic acid groups (broad SMARTS) is 1. The van der Waals surface area contributed by atoms with Crippen molar-refractivity contribution in [3.8, 4) is 0 Å². The van der Waals surface area contributed by atoms with E-state index in [0.29, 0.717) is 11.8 Å². The van der Waals surface area contributed by atoms with Crippen LogP contribution in [0.3, 0.4) is 0 Å². The van der Waals surface area contributed by atoms with Crippen LogP contribution in [0.4, 0.5) is 0 Å². The molecule has 1 aliphatic heterocycles. The average Bonchev–Trinajstić information content (AvgIpc) is 2.76. The molecule has 92 valence electrons. The van der Waals surface area contributed by atoms with Crippen LogP contribution < -0.4 is 5.32 Å². The van der Waals surface area contributed by atoms with Gasteiger partial charge in [0.1, 0.15) is 0 Å². The van der Waals surface area contributed by atoms with Gasteiger partial charge in [0.2, 0.25) is 0 Å². The molecule has 0 radical (unpaired) electrons. The molecule has 0 aromatic rings. The molecule has 0 amide bonds. The minimum atomic E-state index is -0.526. The Morgan fingerprint density at radius 1 is 1.25 bits per heavy atom. The van der Waals surface area contributed by atoms with E-state index in [9.17, 15) is 9.90 Å². The van der Waals surface area contributed by atoms with E-state index < -0.39 is 5.97 Å². The first-order chi connectivity index (χ1) is 7.24. The number of hydrogen-bond donors (Lipinski definition) is 2. The Balaban J connectivity index is 0.000000963. The second kappa shape index (κ2) is 4.19. The zero-order valence-electron chi connectivity index (χ0n) is 9.45. The maximum absolute atomic E-state index is 11.3. The molecule has 2 N–H and O–H groups in total. The minimum absolute atomic E-state index is 0. The van der Waals surface area contributed by atoms with Crippen molar-refractivity contribution in [2.75, 3.05) is 13.1 Å². The van der Waals surface area contributed by atoms with Crippen LogP contribution >= 0.6 is 12.4 Å². The van der Waals surface area contributed by atoms with E-state index in [1.165, 1.54) is 32.1 Å². The van der Waals surface area contributed by atoms with E-state index in [-0.39, 0.29) is 23.7 Å². The van der Waals surface area contributed by atoms with Gasteiger partial charge in [-0.15, -0.1) is 12.4 Å².